The van der Waals surface area contributed by atoms with E-state index in [1.54, 1.807) is 12.4 Å². The van der Waals surface area contributed by atoms with Crippen molar-refractivity contribution >= 4 is 11.8 Å². The second kappa shape index (κ2) is 7.63. The Morgan fingerprint density at radius 1 is 1.07 bits per heavy atom. The summed E-state index contributed by atoms with van der Waals surface area (Å²) in [5, 5.41) is 0. The fourth-order valence-electron chi connectivity index (χ4n) is 6.91. The molecule has 4 heterocycles. The summed E-state index contributed by atoms with van der Waals surface area (Å²) in [6.07, 6.45) is 9.90. The molecule has 1 aromatic rings. The second-order valence-corrected chi connectivity index (χ2v) is 9.93. The molecule has 0 N–H and O–H groups in total. The van der Waals surface area contributed by atoms with Gasteiger partial charge in [-0.25, -0.2) is 0 Å². The molecule has 1 aromatic heterocycles. The van der Waals surface area contributed by atoms with E-state index in [1.165, 1.54) is 0 Å². The van der Waals surface area contributed by atoms with Crippen LogP contribution < -0.4 is 0 Å². The first-order chi connectivity index (χ1) is 14.6. The summed E-state index contributed by atoms with van der Waals surface area (Å²) in [6, 6.07) is 3.68. The number of likely N-dealkylation sites (tertiary alicyclic amines) is 3. The third kappa shape index (κ3) is 3.06. The molecule has 30 heavy (non-hydrogen) atoms. The number of carbonyl (C=O) groups excluding carboxylic acids is 2. The molecule has 3 aliphatic heterocycles. The molecule has 3 saturated heterocycles. The maximum absolute atomic E-state index is 13.7. The van der Waals surface area contributed by atoms with Gasteiger partial charge in [0, 0.05) is 51.7 Å². The Balaban J connectivity index is 1.34. The van der Waals surface area contributed by atoms with E-state index >= 15 is 0 Å². The molecule has 1 spiro atoms. The second-order valence-electron chi connectivity index (χ2n) is 9.93. The Morgan fingerprint density at radius 3 is 2.50 bits per heavy atom. The van der Waals surface area contributed by atoms with Crippen molar-refractivity contribution in [1.29, 1.82) is 0 Å². The number of hydrogen-bond acceptors (Lipinski definition) is 4. The van der Waals surface area contributed by atoms with E-state index in [1.807, 2.05) is 17.0 Å². The molecule has 0 bridgehead atoms. The minimum Gasteiger partial charge on any atom is -0.342 e. The fraction of sp³-hybridized carbons (Fsp3) is 0.708. The highest BCUT2D eigenvalue weighted by Crippen LogP contribution is 2.62. The molecule has 2 amide bonds. The van der Waals surface area contributed by atoms with Gasteiger partial charge in [-0.2, -0.15) is 0 Å². The van der Waals surface area contributed by atoms with Crippen LogP contribution in [0.15, 0.2) is 24.5 Å². The van der Waals surface area contributed by atoms with Gasteiger partial charge in [-0.3, -0.25) is 14.6 Å². The lowest BCUT2D eigenvalue weighted by Gasteiger charge is -2.45. The summed E-state index contributed by atoms with van der Waals surface area (Å²) in [5.74, 6) is 0.970. The average molecular weight is 411 g/mol. The van der Waals surface area contributed by atoms with Gasteiger partial charge in [-0.15, -0.1) is 0 Å². The first-order valence-corrected chi connectivity index (χ1v) is 11.8. The fourth-order valence-corrected chi connectivity index (χ4v) is 6.91. The number of rotatable bonds is 3. The quantitative estimate of drug-likeness (QED) is 0.769. The van der Waals surface area contributed by atoms with Crippen molar-refractivity contribution in [3.05, 3.63) is 30.1 Å². The van der Waals surface area contributed by atoms with E-state index in [0.29, 0.717) is 17.4 Å². The lowest BCUT2D eigenvalue weighted by atomic mass is 9.65. The molecule has 5 rings (SSSR count). The van der Waals surface area contributed by atoms with Crippen molar-refractivity contribution < 1.29 is 9.59 Å². The van der Waals surface area contributed by atoms with Crippen LogP contribution in [-0.2, 0) is 4.79 Å². The Kier molecular flexibility index (Phi) is 5.08. The summed E-state index contributed by atoms with van der Waals surface area (Å²) < 4.78 is 0. The molecule has 6 heteroatoms. The van der Waals surface area contributed by atoms with Gasteiger partial charge in [0.1, 0.15) is 0 Å². The first-order valence-electron chi connectivity index (χ1n) is 11.8. The average Bonchev–Trinajstić information content (AvgIpc) is 3.52. The number of amides is 2. The number of fused-ring (bicyclic) bond motifs is 2. The van der Waals surface area contributed by atoms with Gasteiger partial charge >= 0.3 is 0 Å². The zero-order chi connectivity index (χ0) is 20.8. The Labute approximate surface area is 179 Å². The molecule has 4 fully saturated rings. The number of nitrogens with zero attached hydrogens (tertiary/aromatic N) is 4. The van der Waals surface area contributed by atoms with Gasteiger partial charge in [-0.05, 0) is 68.5 Å². The number of pyridine rings is 1. The molecule has 1 saturated carbocycles. The molecule has 6 nitrogen and oxygen atoms in total. The summed E-state index contributed by atoms with van der Waals surface area (Å²) in [4.78, 5) is 37.4. The van der Waals surface area contributed by atoms with Crippen LogP contribution in [0.5, 0.6) is 0 Å². The highest BCUT2D eigenvalue weighted by atomic mass is 16.2. The van der Waals surface area contributed by atoms with E-state index < -0.39 is 0 Å². The van der Waals surface area contributed by atoms with Crippen molar-refractivity contribution in [1.82, 2.24) is 19.7 Å². The minimum atomic E-state index is -0.185. The predicted octanol–water partition coefficient (Wildman–Crippen LogP) is 2.66. The maximum atomic E-state index is 13.7. The van der Waals surface area contributed by atoms with Crippen molar-refractivity contribution in [2.75, 3.05) is 45.8 Å². The zero-order valence-corrected chi connectivity index (χ0v) is 18.2. The van der Waals surface area contributed by atoms with Gasteiger partial charge in [0.05, 0.1) is 11.0 Å². The van der Waals surface area contributed by atoms with Gasteiger partial charge in [0.2, 0.25) is 5.91 Å². The number of piperidine rings is 1. The van der Waals surface area contributed by atoms with Crippen LogP contribution in [0.4, 0.5) is 0 Å². The maximum Gasteiger partial charge on any atom is 0.255 e. The Hall–Kier alpha value is -1.95. The summed E-state index contributed by atoms with van der Waals surface area (Å²) in [7, 11) is 0. The van der Waals surface area contributed by atoms with E-state index in [0.717, 1.165) is 84.3 Å². The molecule has 0 unspecified atom stereocenters. The molecule has 0 aromatic carbocycles. The van der Waals surface area contributed by atoms with Crippen molar-refractivity contribution in [2.45, 2.75) is 45.4 Å². The SMILES string of the molecule is CCN1C[C@H]2C3(CCN(C(=O)c4cccnc4)CC3)CC[C@@]2(C(=O)N2CCCC2)C1. The van der Waals surface area contributed by atoms with Crippen molar-refractivity contribution in [2.24, 2.45) is 16.7 Å². The summed E-state index contributed by atoms with van der Waals surface area (Å²) in [6.45, 7) is 8.70. The molecular weight excluding hydrogens is 376 g/mol. The number of carbonyl (C=O) groups is 2. The van der Waals surface area contributed by atoms with Crippen LogP contribution in [0, 0.1) is 16.7 Å². The Morgan fingerprint density at radius 2 is 1.83 bits per heavy atom. The topological polar surface area (TPSA) is 56.8 Å². The smallest absolute Gasteiger partial charge is 0.255 e. The van der Waals surface area contributed by atoms with Crippen LogP contribution in [0.1, 0.15) is 55.8 Å². The number of hydrogen-bond donors (Lipinski definition) is 0. The largest absolute Gasteiger partial charge is 0.342 e. The van der Waals surface area contributed by atoms with E-state index in [9.17, 15) is 9.59 Å². The standard InChI is InChI=1S/C24H34N4O2/c1-2-26-17-20-23(7-8-24(20,18-26)22(30)28-12-3-4-13-28)9-14-27(15-10-23)21(29)19-6-5-11-25-16-19/h5-6,11,16,20H,2-4,7-10,12-15,17-18H2,1H3/t20-,24+/m0/s1. The Bertz CT molecular complexity index is 799. The predicted molar refractivity (Wildman–Crippen MR) is 115 cm³/mol. The normalized spacial score (nSPS) is 30.8. The van der Waals surface area contributed by atoms with E-state index in [2.05, 4.69) is 21.7 Å². The molecule has 162 valence electrons. The molecule has 1 aliphatic carbocycles. The summed E-state index contributed by atoms with van der Waals surface area (Å²) in [5.41, 5.74) is 0.706. The van der Waals surface area contributed by atoms with Crippen molar-refractivity contribution in [3.8, 4) is 0 Å². The minimum absolute atomic E-state index is 0.0944. The third-order valence-corrected chi connectivity index (χ3v) is 8.64. The number of aromatic nitrogens is 1. The molecule has 2 atom stereocenters. The zero-order valence-electron chi connectivity index (χ0n) is 18.2. The van der Waals surface area contributed by atoms with Gasteiger partial charge in [-0.1, -0.05) is 6.92 Å². The molecule has 0 radical (unpaired) electrons. The molecular formula is C24H34N4O2. The van der Waals surface area contributed by atoms with Crippen LogP contribution in [0.25, 0.3) is 0 Å². The monoisotopic (exact) mass is 410 g/mol. The highest BCUT2D eigenvalue weighted by molar-refractivity contribution is 5.94. The third-order valence-electron chi connectivity index (χ3n) is 8.64. The lowest BCUT2D eigenvalue weighted by Crippen LogP contribution is -2.50. The van der Waals surface area contributed by atoms with Crippen LogP contribution in [0.3, 0.4) is 0 Å². The first kappa shape index (κ1) is 20.0. The van der Waals surface area contributed by atoms with Crippen LogP contribution in [-0.4, -0.2) is 77.3 Å². The van der Waals surface area contributed by atoms with Gasteiger partial charge < -0.3 is 14.7 Å². The van der Waals surface area contributed by atoms with Gasteiger partial charge in [0.15, 0.2) is 0 Å². The summed E-state index contributed by atoms with van der Waals surface area (Å²) >= 11 is 0. The van der Waals surface area contributed by atoms with Gasteiger partial charge in [0.25, 0.3) is 5.91 Å². The van der Waals surface area contributed by atoms with Crippen molar-refractivity contribution in [3.63, 3.8) is 0 Å². The molecule has 4 aliphatic rings. The lowest BCUT2D eigenvalue weighted by molar-refractivity contribution is -0.142. The van der Waals surface area contributed by atoms with E-state index in [4.69, 9.17) is 0 Å². The highest BCUT2D eigenvalue weighted by Gasteiger charge is 2.64. The van der Waals surface area contributed by atoms with E-state index in [-0.39, 0.29) is 16.7 Å². The van der Waals surface area contributed by atoms with Crippen LogP contribution >= 0.6 is 0 Å². The van der Waals surface area contributed by atoms with Crippen LogP contribution in [0.2, 0.25) is 0 Å².